The van der Waals surface area contributed by atoms with Crippen molar-refractivity contribution in [2.75, 3.05) is 25.8 Å². The second kappa shape index (κ2) is 4.37. The molecule has 0 spiro atoms. The SMILES string of the molecule is COc1cc2c(cc1C(C)C)N(C)OCC2=O. The lowest BCUT2D eigenvalue weighted by molar-refractivity contribution is 0.0680. The van der Waals surface area contributed by atoms with Crippen molar-refractivity contribution in [1.82, 2.24) is 0 Å². The van der Waals surface area contributed by atoms with E-state index in [0.29, 0.717) is 11.5 Å². The fourth-order valence-corrected chi connectivity index (χ4v) is 2.00. The van der Waals surface area contributed by atoms with Gasteiger partial charge in [-0.15, -0.1) is 0 Å². The highest BCUT2D eigenvalue weighted by Crippen LogP contribution is 2.35. The van der Waals surface area contributed by atoms with Gasteiger partial charge in [-0.05, 0) is 23.6 Å². The first kappa shape index (κ1) is 11.9. The molecule has 0 atom stereocenters. The zero-order valence-corrected chi connectivity index (χ0v) is 10.6. The van der Waals surface area contributed by atoms with E-state index in [2.05, 4.69) is 13.8 Å². The molecule has 0 saturated heterocycles. The third kappa shape index (κ3) is 2.00. The second-order valence-electron chi connectivity index (χ2n) is 4.46. The number of hydrogen-bond donors (Lipinski definition) is 0. The molecule has 1 heterocycles. The number of rotatable bonds is 2. The van der Waals surface area contributed by atoms with Crippen LogP contribution in [0.15, 0.2) is 12.1 Å². The Hall–Kier alpha value is -1.55. The summed E-state index contributed by atoms with van der Waals surface area (Å²) in [7, 11) is 3.43. The summed E-state index contributed by atoms with van der Waals surface area (Å²) in [6.45, 7) is 4.28. The van der Waals surface area contributed by atoms with Crippen LogP contribution in [-0.2, 0) is 4.84 Å². The number of hydroxylamine groups is 1. The molecule has 0 unspecified atom stereocenters. The number of ether oxygens (including phenoxy) is 1. The Balaban J connectivity index is 2.60. The lowest BCUT2D eigenvalue weighted by atomic mass is 9.96. The van der Waals surface area contributed by atoms with Crippen LogP contribution in [0.5, 0.6) is 5.75 Å². The summed E-state index contributed by atoms with van der Waals surface area (Å²) in [5.74, 6) is 1.09. The number of nitrogens with zero attached hydrogens (tertiary/aromatic N) is 1. The Morgan fingerprint density at radius 1 is 1.41 bits per heavy atom. The van der Waals surface area contributed by atoms with Crippen molar-refractivity contribution in [3.05, 3.63) is 23.3 Å². The Morgan fingerprint density at radius 3 is 2.71 bits per heavy atom. The predicted molar refractivity (Wildman–Crippen MR) is 65.8 cm³/mol. The molecule has 0 bridgehead atoms. The van der Waals surface area contributed by atoms with Crippen molar-refractivity contribution in [1.29, 1.82) is 0 Å². The van der Waals surface area contributed by atoms with Crippen molar-refractivity contribution in [3.8, 4) is 5.75 Å². The van der Waals surface area contributed by atoms with Crippen LogP contribution in [-0.4, -0.2) is 26.5 Å². The number of fused-ring (bicyclic) bond motifs is 1. The van der Waals surface area contributed by atoms with Crippen LogP contribution in [0.3, 0.4) is 0 Å². The van der Waals surface area contributed by atoms with E-state index in [9.17, 15) is 4.79 Å². The van der Waals surface area contributed by atoms with Crippen LogP contribution in [0.2, 0.25) is 0 Å². The molecule has 4 heteroatoms. The van der Waals surface area contributed by atoms with Gasteiger partial charge < -0.3 is 4.74 Å². The smallest absolute Gasteiger partial charge is 0.193 e. The molecule has 0 aromatic heterocycles. The highest BCUT2D eigenvalue weighted by Gasteiger charge is 2.24. The van der Waals surface area contributed by atoms with Gasteiger partial charge in [0.15, 0.2) is 5.78 Å². The van der Waals surface area contributed by atoms with Crippen molar-refractivity contribution in [2.24, 2.45) is 0 Å². The normalized spacial score (nSPS) is 15.1. The van der Waals surface area contributed by atoms with Gasteiger partial charge in [-0.3, -0.25) is 14.7 Å². The highest BCUT2D eigenvalue weighted by molar-refractivity contribution is 6.03. The molecule has 0 saturated carbocycles. The van der Waals surface area contributed by atoms with E-state index in [1.165, 1.54) is 0 Å². The van der Waals surface area contributed by atoms with Gasteiger partial charge in [0, 0.05) is 12.6 Å². The van der Waals surface area contributed by atoms with Crippen molar-refractivity contribution in [3.63, 3.8) is 0 Å². The molecule has 0 amide bonds. The van der Waals surface area contributed by atoms with Crippen LogP contribution >= 0.6 is 0 Å². The van der Waals surface area contributed by atoms with Gasteiger partial charge in [0.1, 0.15) is 12.4 Å². The zero-order valence-electron chi connectivity index (χ0n) is 10.6. The molecule has 1 aromatic rings. The quantitative estimate of drug-likeness (QED) is 0.789. The average Bonchev–Trinajstić information content (AvgIpc) is 2.32. The van der Waals surface area contributed by atoms with Crippen LogP contribution in [0.1, 0.15) is 35.7 Å². The van der Waals surface area contributed by atoms with Crippen LogP contribution in [0, 0.1) is 0 Å². The number of carbonyl (C=O) groups is 1. The number of benzene rings is 1. The molecule has 2 rings (SSSR count). The Labute approximate surface area is 101 Å². The molecule has 0 radical (unpaired) electrons. The van der Waals surface area contributed by atoms with Crippen LogP contribution < -0.4 is 9.80 Å². The third-order valence-corrected chi connectivity index (χ3v) is 3.00. The molecule has 1 aliphatic heterocycles. The van der Waals surface area contributed by atoms with Crippen molar-refractivity contribution in [2.45, 2.75) is 19.8 Å². The minimum Gasteiger partial charge on any atom is -0.496 e. The lowest BCUT2D eigenvalue weighted by Crippen LogP contribution is -2.30. The van der Waals surface area contributed by atoms with E-state index < -0.39 is 0 Å². The van der Waals surface area contributed by atoms with E-state index in [1.807, 2.05) is 19.2 Å². The zero-order chi connectivity index (χ0) is 12.6. The number of Topliss-reactive ketones (excluding diaryl/α,β-unsaturated/α-hetero) is 1. The summed E-state index contributed by atoms with van der Waals surface area (Å²) in [6.07, 6.45) is 0. The molecule has 0 N–H and O–H groups in total. The number of anilines is 1. The maximum absolute atomic E-state index is 11.8. The Kier molecular flexibility index (Phi) is 3.07. The summed E-state index contributed by atoms with van der Waals surface area (Å²) in [6, 6.07) is 3.78. The summed E-state index contributed by atoms with van der Waals surface area (Å²) in [5.41, 5.74) is 2.56. The summed E-state index contributed by atoms with van der Waals surface area (Å²) in [4.78, 5) is 17.0. The molecular formula is C13H17NO3. The Morgan fingerprint density at radius 2 is 2.12 bits per heavy atom. The number of ketones is 1. The minimum absolute atomic E-state index is 0.00768. The van der Waals surface area contributed by atoms with Gasteiger partial charge in [-0.1, -0.05) is 13.8 Å². The summed E-state index contributed by atoms with van der Waals surface area (Å²) < 4.78 is 5.34. The number of hydrogen-bond acceptors (Lipinski definition) is 4. The first-order valence-electron chi connectivity index (χ1n) is 5.66. The van der Waals surface area contributed by atoms with Crippen LogP contribution in [0.4, 0.5) is 5.69 Å². The second-order valence-corrected chi connectivity index (χ2v) is 4.46. The molecule has 1 aliphatic rings. The maximum atomic E-state index is 11.8. The van der Waals surface area contributed by atoms with E-state index in [-0.39, 0.29) is 12.4 Å². The van der Waals surface area contributed by atoms with Gasteiger partial charge in [-0.2, -0.15) is 0 Å². The van der Waals surface area contributed by atoms with Gasteiger partial charge in [-0.25, -0.2) is 0 Å². The monoisotopic (exact) mass is 235 g/mol. The topological polar surface area (TPSA) is 38.8 Å². The summed E-state index contributed by atoms with van der Waals surface area (Å²) >= 11 is 0. The predicted octanol–water partition coefficient (Wildman–Crippen LogP) is 2.38. The number of methoxy groups -OCH3 is 1. The first-order valence-corrected chi connectivity index (χ1v) is 5.66. The minimum atomic E-state index is -0.00768. The molecule has 17 heavy (non-hydrogen) atoms. The molecule has 1 aromatic carbocycles. The molecular weight excluding hydrogens is 218 g/mol. The van der Waals surface area contributed by atoms with Gasteiger partial charge in [0.2, 0.25) is 0 Å². The Bertz CT molecular complexity index is 454. The van der Waals surface area contributed by atoms with E-state index >= 15 is 0 Å². The average molecular weight is 235 g/mol. The van der Waals surface area contributed by atoms with Crippen LogP contribution in [0.25, 0.3) is 0 Å². The largest absolute Gasteiger partial charge is 0.496 e. The first-order chi connectivity index (χ1) is 8.04. The van der Waals surface area contributed by atoms with Gasteiger partial charge in [0.05, 0.1) is 12.8 Å². The third-order valence-electron chi connectivity index (χ3n) is 3.00. The van der Waals surface area contributed by atoms with Gasteiger partial charge in [0.25, 0.3) is 0 Å². The molecule has 92 valence electrons. The number of carbonyl (C=O) groups excluding carboxylic acids is 1. The van der Waals surface area contributed by atoms with Crippen molar-refractivity contribution < 1.29 is 14.4 Å². The molecule has 4 nitrogen and oxygen atoms in total. The summed E-state index contributed by atoms with van der Waals surface area (Å²) in [5, 5.41) is 1.64. The molecule has 0 aliphatic carbocycles. The fourth-order valence-electron chi connectivity index (χ4n) is 2.00. The fraction of sp³-hybridized carbons (Fsp3) is 0.462. The van der Waals surface area contributed by atoms with E-state index in [0.717, 1.165) is 17.0 Å². The molecule has 0 fully saturated rings. The van der Waals surface area contributed by atoms with Gasteiger partial charge >= 0.3 is 0 Å². The van der Waals surface area contributed by atoms with Crippen molar-refractivity contribution >= 4 is 11.5 Å². The lowest BCUT2D eigenvalue weighted by Gasteiger charge is -2.27. The maximum Gasteiger partial charge on any atom is 0.193 e. The van der Waals surface area contributed by atoms with E-state index in [4.69, 9.17) is 9.57 Å². The standard InChI is InChI=1S/C13H17NO3/c1-8(2)9-5-11-10(6-13(9)16-4)12(15)7-17-14(11)3/h5-6,8H,7H2,1-4H3. The highest BCUT2D eigenvalue weighted by atomic mass is 16.7. The van der Waals surface area contributed by atoms with E-state index in [1.54, 1.807) is 12.2 Å².